The average Bonchev–Trinajstić information content (AvgIpc) is 3.25. The molecule has 2 fully saturated rings. The Morgan fingerprint density at radius 1 is 0.885 bits per heavy atom. The molecule has 330 valence electrons. The second-order valence-electron chi connectivity index (χ2n) is 15.2. The number of nitrogens with one attached hydrogen (secondary N) is 4. The number of halogens is 4. The molecule has 4 N–H and O–H groups in total. The van der Waals surface area contributed by atoms with Crippen molar-refractivity contribution in [1.82, 2.24) is 14.9 Å². The number of benzene rings is 4. The number of amides is 1. The van der Waals surface area contributed by atoms with Crippen molar-refractivity contribution >= 4 is 60.5 Å². The van der Waals surface area contributed by atoms with Gasteiger partial charge in [0.15, 0.2) is 0 Å². The van der Waals surface area contributed by atoms with E-state index >= 15 is 0 Å². The molecule has 11 nitrogen and oxygen atoms in total. The summed E-state index contributed by atoms with van der Waals surface area (Å²) in [5.41, 5.74) is -4.17. The Labute approximate surface area is 365 Å². The second kappa shape index (κ2) is 21.5. The van der Waals surface area contributed by atoms with Gasteiger partial charge in [-0.05, 0) is 110 Å². The normalized spacial score (nSPS) is 18.3. The zero-order chi connectivity index (χ0) is 43.5. The molecule has 1 saturated heterocycles. The number of anilines is 2. The largest absolute Gasteiger partial charge is 0.501 e. The third kappa shape index (κ3) is 13.1. The van der Waals surface area contributed by atoms with Gasteiger partial charge >= 0.3 is 5.51 Å². The van der Waals surface area contributed by atoms with Gasteiger partial charge in [-0.1, -0.05) is 54.8 Å². The van der Waals surface area contributed by atoms with Crippen LogP contribution in [0.1, 0.15) is 53.9 Å². The Hall–Kier alpha value is -3.84. The topological polar surface area (TPSA) is 146 Å². The van der Waals surface area contributed by atoms with Crippen molar-refractivity contribution in [2.45, 2.75) is 64.3 Å². The van der Waals surface area contributed by atoms with E-state index in [9.17, 15) is 34.8 Å². The van der Waals surface area contributed by atoms with E-state index in [0.29, 0.717) is 81.7 Å². The van der Waals surface area contributed by atoms with E-state index in [1.807, 2.05) is 47.2 Å². The maximum Gasteiger partial charge on any atom is 0.501 e. The van der Waals surface area contributed by atoms with Gasteiger partial charge in [-0.15, -0.1) is 11.8 Å². The first kappa shape index (κ1) is 46.7. The van der Waals surface area contributed by atoms with E-state index in [1.54, 1.807) is 12.1 Å². The molecular formula is C43H51ClF3N5O6S3. The molecule has 1 aliphatic carbocycles. The Kier molecular flexibility index (Phi) is 16.4. The fraction of sp³-hybridized carbons (Fsp3) is 0.419. The van der Waals surface area contributed by atoms with Gasteiger partial charge in [-0.3, -0.25) is 9.69 Å². The Balaban J connectivity index is 1.08. The van der Waals surface area contributed by atoms with E-state index in [0.717, 1.165) is 41.4 Å². The van der Waals surface area contributed by atoms with Crippen LogP contribution in [0.2, 0.25) is 5.02 Å². The lowest BCUT2D eigenvalue weighted by molar-refractivity contribution is -0.0435. The smallest absolute Gasteiger partial charge is 0.384 e. The average molecular weight is 923 g/mol. The fourth-order valence-electron chi connectivity index (χ4n) is 7.59. The number of hydrogen-bond donors (Lipinski definition) is 4. The van der Waals surface area contributed by atoms with Crippen molar-refractivity contribution in [3.8, 4) is 0 Å². The molecule has 2 aliphatic rings. The predicted octanol–water partition coefficient (Wildman–Crippen LogP) is 8.02. The van der Waals surface area contributed by atoms with Crippen molar-refractivity contribution in [2.75, 3.05) is 68.9 Å². The molecule has 0 radical (unpaired) electrons. The van der Waals surface area contributed by atoms with E-state index < -0.39 is 52.8 Å². The van der Waals surface area contributed by atoms with Gasteiger partial charge in [0.25, 0.3) is 25.8 Å². The number of thioether (sulfide) groups is 1. The molecule has 0 unspecified atom stereocenters. The lowest BCUT2D eigenvalue weighted by Crippen LogP contribution is -2.39. The Morgan fingerprint density at radius 3 is 2.30 bits per heavy atom. The van der Waals surface area contributed by atoms with E-state index in [1.165, 1.54) is 42.3 Å². The summed E-state index contributed by atoms with van der Waals surface area (Å²) in [5, 5.41) is 10.5. The predicted molar refractivity (Wildman–Crippen MR) is 235 cm³/mol. The molecule has 61 heavy (non-hydrogen) atoms. The first-order valence-corrected chi connectivity index (χ1v) is 24.6. The number of ether oxygens (including phenoxy) is 1. The molecule has 0 aromatic heterocycles. The van der Waals surface area contributed by atoms with Crippen LogP contribution in [0.5, 0.6) is 0 Å². The first-order chi connectivity index (χ1) is 29.2. The van der Waals surface area contributed by atoms with Gasteiger partial charge in [-0.25, -0.2) is 21.6 Å². The van der Waals surface area contributed by atoms with Crippen molar-refractivity contribution in [1.29, 1.82) is 0 Å². The number of rotatable bonds is 19. The van der Waals surface area contributed by atoms with Crippen LogP contribution in [-0.2, 0) is 24.6 Å². The molecule has 0 spiro atoms. The summed E-state index contributed by atoms with van der Waals surface area (Å²) >= 11 is 7.55. The summed E-state index contributed by atoms with van der Waals surface area (Å²) in [7, 11) is -10.9. The van der Waals surface area contributed by atoms with Crippen LogP contribution in [0, 0.1) is 5.92 Å². The third-order valence-electron chi connectivity index (χ3n) is 10.9. The zero-order valence-corrected chi connectivity index (χ0v) is 36.7. The van der Waals surface area contributed by atoms with Crippen molar-refractivity contribution in [3.63, 3.8) is 0 Å². The van der Waals surface area contributed by atoms with Crippen molar-refractivity contribution in [2.24, 2.45) is 5.92 Å². The summed E-state index contributed by atoms with van der Waals surface area (Å²) in [5.74, 6) is 0.313. The molecular weight excluding hydrogens is 871 g/mol. The highest BCUT2D eigenvalue weighted by Gasteiger charge is 2.48. The number of morpholine rings is 1. The molecule has 1 saturated carbocycles. The summed E-state index contributed by atoms with van der Waals surface area (Å²) < 4.78 is 102. The molecule has 1 aliphatic heterocycles. The van der Waals surface area contributed by atoms with Crippen LogP contribution < -0.4 is 20.7 Å². The first-order valence-electron chi connectivity index (χ1n) is 20.3. The number of carbonyl (C=O) groups is 1. The molecule has 4 aromatic carbocycles. The van der Waals surface area contributed by atoms with Crippen molar-refractivity contribution in [3.05, 3.63) is 113 Å². The number of carbonyl (C=O) groups excluding carboxylic acids is 1. The molecule has 1 heterocycles. The van der Waals surface area contributed by atoms with Crippen molar-refractivity contribution < 1.29 is 39.5 Å². The van der Waals surface area contributed by atoms with Gasteiger partial charge in [0.1, 0.15) is 4.90 Å². The highest BCUT2D eigenvalue weighted by molar-refractivity contribution is 7.99. The van der Waals surface area contributed by atoms with Gasteiger partial charge < -0.3 is 20.7 Å². The molecule has 0 bridgehead atoms. The number of alkyl halides is 3. The molecule has 18 heteroatoms. The van der Waals surface area contributed by atoms with Crippen LogP contribution in [0.4, 0.5) is 24.5 Å². The summed E-state index contributed by atoms with van der Waals surface area (Å²) in [6.07, 6.45) is 5.14. The van der Waals surface area contributed by atoms with Crippen LogP contribution in [-0.4, -0.2) is 97.4 Å². The number of sulfone groups is 1. The molecule has 6 rings (SSSR count). The minimum absolute atomic E-state index is 0.0294. The standard InChI is InChI=1S/C43H51ClF3N5O6S3/c44-34-14-10-31(11-15-34)39-9-5-4-6-33(39)29-48-21-22-49-35-16-12-32(13-17-35)42(53)51-61(56,57)38-18-19-40(41(28-38)60(54,55)43(45,46)47)50-36(20-23-52-24-26-58-27-25-52)30-59-37-7-2-1-3-8-37/h1-3,7-8,10-19,28,33,36,39,48-50H,4-6,9,20-27,29-30H2,(H,51,53)/t33-,36+,39+/m0/s1. The highest BCUT2D eigenvalue weighted by Crippen LogP contribution is 2.39. The van der Waals surface area contributed by atoms with E-state index in [-0.39, 0.29) is 5.56 Å². The van der Waals surface area contributed by atoms with Gasteiger partial charge in [0.2, 0.25) is 0 Å². The maximum atomic E-state index is 14.1. The monoisotopic (exact) mass is 921 g/mol. The third-order valence-corrected chi connectivity index (χ3v) is 15.2. The molecule has 1 amide bonds. The number of nitrogens with zero attached hydrogens (tertiary/aromatic N) is 1. The fourth-order valence-corrected chi connectivity index (χ4v) is 10.7. The molecule has 3 atom stereocenters. The highest BCUT2D eigenvalue weighted by atomic mass is 35.5. The van der Waals surface area contributed by atoms with Crippen LogP contribution >= 0.6 is 23.4 Å². The van der Waals surface area contributed by atoms with E-state index in [4.69, 9.17) is 16.3 Å². The zero-order valence-electron chi connectivity index (χ0n) is 33.5. The quantitative estimate of drug-likeness (QED) is 0.0536. The SMILES string of the molecule is O=C(NS(=O)(=O)c1ccc(N[C@H](CCN2CCOCC2)CSc2ccccc2)c(S(=O)(=O)C(F)(F)F)c1)c1ccc(NCCNC[C@@H]2CCCC[C@@H]2c2ccc(Cl)cc2)cc1. The van der Waals surface area contributed by atoms with Gasteiger partial charge in [-0.2, -0.15) is 13.2 Å². The lowest BCUT2D eigenvalue weighted by atomic mass is 9.75. The van der Waals surface area contributed by atoms with Crippen LogP contribution in [0.3, 0.4) is 0 Å². The Morgan fingerprint density at radius 2 is 1.59 bits per heavy atom. The minimum atomic E-state index is -6.05. The summed E-state index contributed by atoms with van der Waals surface area (Å²) in [4.78, 5) is 14.1. The van der Waals surface area contributed by atoms with E-state index in [2.05, 4.69) is 33.0 Å². The number of hydrogen-bond acceptors (Lipinski definition) is 11. The lowest BCUT2D eigenvalue weighted by Gasteiger charge is -2.32. The Bertz CT molecular complexity index is 2270. The second-order valence-corrected chi connectivity index (χ2v) is 20.3. The summed E-state index contributed by atoms with van der Waals surface area (Å²) in [6, 6.07) is 25.4. The number of sulfonamides is 1. The van der Waals surface area contributed by atoms with Crippen LogP contribution in [0.15, 0.2) is 112 Å². The molecule has 4 aromatic rings. The van der Waals surface area contributed by atoms with Gasteiger partial charge in [0.05, 0.1) is 23.8 Å². The minimum Gasteiger partial charge on any atom is -0.384 e. The summed E-state index contributed by atoms with van der Waals surface area (Å²) in [6.45, 7) is 5.17. The maximum absolute atomic E-state index is 14.1. The van der Waals surface area contributed by atoms with Crippen LogP contribution in [0.25, 0.3) is 0 Å². The van der Waals surface area contributed by atoms with Gasteiger partial charge in [0, 0.05) is 65.7 Å².